The average Bonchev–Trinajstić information content (AvgIpc) is 2.27. The highest BCUT2D eigenvalue weighted by Crippen LogP contribution is 2.25. The predicted octanol–water partition coefficient (Wildman–Crippen LogP) is 3.30. The maximum absolute atomic E-state index is 2.32. The molecule has 0 radical (unpaired) electrons. The summed E-state index contributed by atoms with van der Waals surface area (Å²) in [7, 11) is 0. The molecular formula is C11H18. The third-order valence-corrected chi connectivity index (χ3v) is 2.26. The first-order chi connectivity index (χ1) is 4.86. The molecule has 1 aromatic carbocycles. The van der Waals surface area contributed by atoms with Gasteiger partial charge in [-0.2, -0.15) is 0 Å². The molecule has 62 valence electrons. The van der Waals surface area contributed by atoms with Gasteiger partial charge in [0.25, 0.3) is 0 Å². The summed E-state index contributed by atoms with van der Waals surface area (Å²) in [6.45, 7) is 2.32. The van der Waals surface area contributed by atoms with E-state index in [1.807, 2.05) is 0 Å². The molecule has 1 aliphatic carbocycles. The first kappa shape index (κ1) is 8.32. The first-order valence-corrected chi connectivity index (χ1v) is 3.93. The molecule has 11 heavy (non-hydrogen) atoms. The van der Waals surface area contributed by atoms with Gasteiger partial charge in [-0.25, -0.2) is 0 Å². The molecule has 1 aromatic rings. The van der Waals surface area contributed by atoms with Crippen molar-refractivity contribution in [2.45, 2.75) is 27.2 Å². The molecule has 0 heteroatoms. The fourth-order valence-corrected chi connectivity index (χ4v) is 1.78. The lowest BCUT2D eigenvalue weighted by molar-refractivity contribution is 0.628. The number of fused-ring (bicyclic) bond motifs is 1. The second-order valence-corrected chi connectivity index (χ2v) is 3.28. The molecule has 0 nitrogen and oxygen atoms in total. The lowest BCUT2D eigenvalue weighted by Gasteiger charge is -1.93. The Morgan fingerprint density at radius 1 is 1.18 bits per heavy atom. The Morgan fingerprint density at radius 3 is 2.09 bits per heavy atom. The van der Waals surface area contributed by atoms with Crippen molar-refractivity contribution in [3.63, 3.8) is 0 Å². The number of rotatable bonds is 0. The van der Waals surface area contributed by atoms with Crippen LogP contribution in [0.4, 0.5) is 0 Å². The minimum atomic E-state index is 0. The maximum Gasteiger partial charge on any atom is 0 e. The van der Waals surface area contributed by atoms with Gasteiger partial charge >= 0.3 is 0 Å². The molecule has 0 saturated carbocycles. The van der Waals surface area contributed by atoms with Gasteiger partial charge in [0.15, 0.2) is 0 Å². The van der Waals surface area contributed by atoms with Crippen LogP contribution in [0.3, 0.4) is 0 Å². The molecule has 0 aliphatic heterocycles. The fourth-order valence-electron chi connectivity index (χ4n) is 1.78. The van der Waals surface area contributed by atoms with Crippen LogP contribution in [0.25, 0.3) is 0 Å². The summed E-state index contributed by atoms with van der Waals surface area (Å²) >= 11 is 0. The minimum absolute atomic E-state index is 0. The largest absolute Gasteiger partial charge is 0.0776 e. The van der Waals surface area contributed by atoms with Crippen molar-refractivity contribution >= 4 is 0 Å². The van der Waals surface area contributed by atoms with Crippen LogP contribution in [0.2, 0.25) is 0 Å². The van der Waals surface area contributed by atoms with Crippen molar-refractivity contribution in [2.75, 3.05) is 0 Å². The molecule has 0 spiro atoms. The van der Waals surface area contributed by atoms with Crippen LogP contribution in [0, 0.1) is 5.92 Å². The van der Waals surface area contributed by atoms with Crippen molar-refractivity contribution in [3.8, 4) is 0 Å². The fraction of sp³-hybridized carbons (Fsp3) is 0.455. The first-order valence-electron chi connectivity index (χ1n) is 3.93. The third kappa shape index (κ3) is 1.45. The lowest BCUT2D eigenvalue weighted by Crippen LogP contribution is -1.89. The van der Waals surface area contributed by atoms with Crippen LogP contribution in [-0.2, 0) is 12.8 Å². The van der Waals surface area contributed by atoms with Crippen molar-refractivity contribution in [2.24, 2.45) is 5.92 Å². The smallest absolute Gasteiger partial charge is 0 e. The van der Waals surface area contributed by atoms with E-state index < -0.39 is 0 Å². The van der Waals surface area contributed by atoms with Crippen LogP contribution in [0.5, 0.6) is 0 Å². The van der Waals surface area contributed by atoms with E-state index in [9.17, 15) is 0 Å². The van der Waals surface area contributed by atoms with Gasteiger partial charge in [0.05, 0.1) is 0 Å². The van der Waals surface area contributed by atoms with E-state index >= 15 is 0 Å². The lowest BCUT2D eigenvalue weighted by atomic mass is 10.1. The molecule has 0 saturated heterocycles. The molecular weight excluding hydrogens is 132 g/mol. The number of hydrogen-bond donors (Lipinski definition) is 0. The average molecular weight is 150 g/mol. The second kappa shape index (κ2) is 3.08. The van der Waals surface area contributed by atoms with Crippen molar-refractivity contribution in [1.29, 1.82) is 0 Å². The summed E-state index contributed by atoms with van der Waals surface area (Å²) in [4.78, 5) is 0. The number of benzene rings is 1. The quantitative estimate of drug-likeness (QED) is 0.532. The van der Waals surface area contributed by atoms with Gasteiger partial charge in [0.1, 0.15) is 0 Å². The van der Waals surface area contributed by atoms with Crippen LogP contribution in [0.1, 0.15) is 26.9 Å². The van der Waals surface area contributed by atoms with Crippen LogP contribution < -0.4 is 0 Å². The summed E-state index contributed by atoms with van der Waals surface area (Å²) in [6.07, 6.45) is 2.58. The standard InChI is InChI=1S/C10H12.CH4.H2/c1-8-6-9-4-2-3-5-10(9)7-8;;/h2-5,8H,6-7H2,1H3;1H4;1H. The summed E-state index contributed by atoms with van der Waals surface area (Å²) < 4.78 is 0. The summed E-state index contributed by atoms with van der Waals surface area (Å²) in [6, 6.07) is 8.77. The van der Waals surface area contributed by atoms with Gasteiger partial charge in [-0.05, 0) is 29.9 Å². The van der Waals surface area contributed by atoms with Crippen LogP contribution in [-0.4, -0.2) is 0 Å². The van der Waals surface area contributed by atoms with E-state index in [1.165, 1.54) is 12.8 Å². The second-order valence-electron chi connectivity index (χ2n) is 3.28. The molecule has 0 fully saturated rings. The molecule has 0 aromatic heterocycles. The Hall–Kier alpha value is -0.780. The molecule has 0 N–H and O–H groups in total. The maximum atomic E-state index is 2.32. The van der Waals surface area contributed by atoms with Crippen LogP contribution in [0.15, 0.2) is 24.3 Å². The zero-order valence-electron chi connectivity index (χ0n) is 6.30. The highest BCUT2D eigenvalue weighted by molar-refractivity contribution is 5.31. The normalized spacial score (nSPS) is 15.7. The van der Waals surface area contributed by atoms with Gasteiger partial charge in [0, 0.05) is 1.43 Å². The van der Waals surface area contributed by atoms with E-state index in [1.54, 1.807) is 11.1 Å². The van der Waals surface area contributed by atoms with Gasteiger partial charge in [-0.1, -0.05) is 38.6 Å². The summed E-state index contributed by atoms with van der Waals surface area (Å²) in [5.74, 6) is 0.873. The van der Waals surface area contributed by atoms with E-state index in [4.69, 9.17) is 0 Å². The summed E-state index contributed by atoms with van der Waals surface area (Å²) in [5, 5.41) is 0. The molecule has 1 aliphatic rings. The van der Waals surface area contributed by atoms with E-state index in [0.29, 0.717) is 0 Å². The zero-order valence-corrected chi connectivity index (χ0v) is 6.30. The summed E-state index contributed by atoms with van der Waals surface area (Å²) in [5.41, 5.74) is 3.13. The van der Waals surface area contributed by atoms with Crippen molar-refractivity contribution in [1.82, 2.24) is 0 Å². The molecule has 0 atom stereocenters. The molecule has 0 heterocycles. The molecule has 0 amide bonds. The predicted molar refractivity (Wildman–Crippen MR) is 51.9 cm³/mol. The topological polar surface area (TPSA) is 0 Å². The minimum Gasteiger partial charge on any atom is -0.0776 e. The van der Waals surface area contributed by atoms with Gasteiger partial charge < -0.3 is 0 Å². The van der Waals surface area contributed by atoms with E-state index in [2.05, 4.69) is 31.2 Å². The van der Waals surface area contributed by atoms with Crippen molar-refractivity contribution in [3.05, 3.63) is 35.4 Å². The van der Waals surface area contributed by atoms with E-state index in [0.717, 1.165) is 5.92 Å². The SMILES string of the molecule is C.CC1Cc2ccccc2C1.[HH]. The zero-order chi connectivity index (χ0) is 6.97. The Kier molecular flexibility index (Phi) is 2.33. The Bertz CT molecular complexity index is 218. The highest BCUT2D eigenvalue weighted by Gasteiger charge is 2.15. The Balaban J connectivity index is 0.000000605. The Morgan fingerprint density at radius 2 is 1.64 bits per heavy atom. The molecule has 0 bridgehead atoms. The Labute approximate surface area is 70.7 Å². The van der Waals surface area contributed by atoms with Crippen molar-refractivity contribution < 1.29 is 1.43 Å². The third-order valence-electron chi connectivity index (χ3n) is 2.26. The molecule has 2 rings (SSSR count). The van der Waals surface area contributed by atoms with Crippen LogP contribution >= 0.6 is 0 Å². The number of hydrogen-bond acceptors (Lipinski definition) is 0. The molecule has 0 unspecified atom stereocenters. The van der Waals surface area contributed by atoms with Gasteiger partial charge in [-0.3, -0.25) is 0 Å². The van der Waals surface area contributed by atoms with Gasteiger partial charge in [-0.15, -0.1) is 0 Å². The monoisotopic (exact) mass is 150 g/mol. The van der Waals surface area contributed by atoms with Gasteiger partial charge in [0.2, 0.25) is 0 Å². The highest BCUT2D eigenvalue weighted by atomic mass is 14.2. The van der Waals surface area contributed by atoms with E-state index in [-0.39, 0.29) is 8.85 Å².